The zero-order valence-corrected chi connectivity index (χ0v) is 21.8. The van der Waals surface area contributed by atoms with Gasteiger partial charge in [-0.2, -0.15) is 0 Å². The van der Waals surface area contributed by atoms with Gasteiger partial charge in [-0.3, -0.25) is 4.79 Å². The van der Waals surface area contributed by atoms with E-state index in [4.69, 9.17) is 19.9 Å². The van der Waals surface area contributed by atoms with Crippen molar-refractivity contribution in [1.29, 1.82) is 0 Å². The highest BCUT2D eigenvalue weighted by molar-refractivity contribution is 6.06. The van der Waals surface area contributed by atoms with Gasteiger partial charge in [-0.1, -0.05) is 121 Å². The van der Waals surface area contributed by atoms with Crippen LogP contribution in [0, 0.1) is 0 Å². The molecule has 1 saturated carbocycles. The van der Waals surface area contributed by atoms with Crippen LogP contribution in [0.1, 0.15) is 28.7 Å². The molecule has 39 heavy (non-hydrogen) atoms. The molecule has 0 heterocycles. The van der Waals surface area contributed by atoms with Crippen molar-refractivity contribution in [3.8, 4) is 0 Å². The number of benzene rings is 4. The van der Waals surface area contributed by atoms with Crippen molar-refractivity contribution >= 4 is 11.5 Å². The normalized spacial score (nSPS) is 20.5. The van der Waals surface area contributed by atoms with Crippen molar-refractivity contribution in [2.24, 2.45) is 5.73 Å². The van der Waals surface area contributed by atoms with Crippen molar-refractivity contribution in [3.63, 3.8) is 0 Å². The first-order valence-corrected chi connectivity index (χ1v) is 13.2. The molecular weight excluding hydrogens is 486 g/mol. The van der Waals surface area contributed by atoms with Crippen LogP contribution in [0.4, 0.5) is 0 Å². The van der Waals surface area contributed by atoms with E-state index >= 15 is 0 Å². The summed E-state index contributed by atoms with van der Waals surface area (Å²) in [5, 5.41) is 0. The summed E-state index contributed by atoms with van der Waals surface area (Å²) in [7, 11) is 0. The molecule has 0 unspecified atom stereocenters. The topological polar surface area (TPSA) is 70.8 Å². The Kier molecular flexibility index (Phi) is 8.97. The molecule has 5 nitrogen and oxygen atoms in total. The van der Waals surface area contributed by atoms with Crippen molar-refractivity contribution in [3.05, 3.63) is 149 Å². The summed E-state index contributed by atoms with van der Waals surface area (Å²) in [6, 6.07) is 39.3. The SMILES string of the molecule is N/C(=C1/C[C@H](OCc2ccccc2)[C@@H](OCc2ccccc2)[C@H](OCc2ccccc2)C1=O)c1ccccc1. The summed E-state index contributed by atoms with van der Waals surface area (Å²) in [4.78, 5) is 14.0. The second-order valence-electron chi connectivity index (χ2n) is 9.64. The third kappa shape index (κ3) is 6.89. The zero-order valence-electron chi connectivity index (χ0n) is 21.8. The van der Waals surface area contributed by atoms with Crippen LogP contribution in [0.25, 0.3) is 5.70 Å². The fourth-order valence-electron chi connectivity index (χ4n) is 4.79. The van der Waals surface area contributed by atoms with Crippen molar-refractivity contribution < 1.29 is 19.0 Å². The minimum Gasteiger partial charge on any atom is -0.398 e. The Balaban J connectivity index is 1.47. The first kappa shape index (κ1) is 26.6. The highest BCUT2D eigenvalue weighted by atomic mass is 16.6. The van der Waals surface area contributed by atoms with Crippen LogP contribution < -0.4 is 5.73 Å². The molecule has 1 fully saturated rings. The molecule has 198 valence electrons. The fraction of sp³-hybridized carbons (Fsp3) is 0.206. The molecule has 3 atom stereocenters. The Morgan fingerprint density at radius 2 is 1.05 bits per heavy atom. The van der Waals surface area contributed by atoms with Gasteiger partial charge < -0.3 is 19.9 Å². The third-order valence-corrected chi connectivity index (χ3v) is 6.90. The van der Waals surface area contributed by atoms with Crippen molar-refractivity contribution in [1.82, 2.24) is 0 Å². The van der Waals surface area contributed by atoms with Crippen LogP contribution >= 0.6 is 0 Å². The molecule has 5 rings (SSSR count). The van der Waals surface area contributed by atoms with E-state index in [1.165, 1.54) is 0 Å². The van der Waals surface area contributed by atoms with E-state index < -0.39 is 18.3 Å². The van der Waals surface area contributed by atoms with E-state index in [2.05, 4.69) is 0 Å². The Morgan fingerprint density at radius 1 is 0.615 bits per heavy atom. The number of Topliss-reactive ketones (excluding diaryl/α,β-unsaturated/α-hetero) is 1. The predicted octanol–water partition coefficient (Wildman–Crippen LogP) is 6.09. The monoisotopic (exact) mass is 519 g/mol. The molecule has 0 radical (unpaired) electrons. The number of ketones is 1. The van der Waals surface area contributed by atoms with Gasteiger partial charge in [-0.05, 0) is 22.3 Å². The summed E-state index contributed by atoms with van der Waals surface area (Å²) < 4.78 is 19.2. The molecule has 1 aliphatic carbocycles. The Labute approximate surface area is 229 Å². The molecule has 4 aromatic carbocycles. The lowest BCUT2D eigenvalue weighted by molar-refractivity contribution is -0.172. The third-order valence-electron chi connectivity index (χ3n) is 6.90. The maximum Gasteiger partial charge on any atom is 0.192 e. The Bertz CT molecular complexity index is 1360. The van der Waals surface area contributed by atoms with Gasteiger partial charge in [0.2, 0.25) is 0 Å². The summed E-state index contributed by atoms with van der Waals surface area (Å²) in [6.07, 6.45) is -1.60. The molecular formula is C34H33NO4. The maximum atomic E-state index is 14.0. The second kappa shape index (κ2) is 13.2. The number of nitrogens with two attached hydrogens (primary N) is 1. The highest BCUT2D eigenvalue weighted by Crippen LogP contribution is 2.33. The molecule has 0 saturated heterocycles. The standard InChI is InChI=1S/C34H33NO4/c35-31(28-19-11-4-12-20-28)29-21-30(37-22-25-13-5-1-6-14-25)33(38-23-26-15-7-2-8-16-26)34(32(29)36)39-24-27-17-9-3-10-18-27/h1-20,30,33-34H,21-24,35H2/b31-29-/t30-,33+,34+/m0/s1. The average molecular weight is 520 g/mol. The van der Waals surface area contributed by atoms with Crippen LogP contribution in [0.2, 0.25) is 0 Å². The molecule has 0 spiro atoms. The summed E-state index contributed by atoms with van der Waals surface area (Å²) in [6.45, 7) is 0.990. The molecule has 0 aromatic heterocycles. The van der Waals surface area contributed by atoms with Crippen LogP contribution in [0.15, 0.2) is 127 Å². The van der Waals surface area contributed by atoms with Crippen LogP contribution in [-0.4, -0.2) is 24.1 Å². The Hall–Kier alpha value is -4.03. The number of carbonyl (C=O) groups is 1. The molecule has 2 N–H and O–H groups in total. The number of carbonyl (C=O) groups excluding carboxylic acids is 1. The van der Waals surface area contributed by atoms with E-state index in [-0.39, 0.29) is 12.4 Å². The molecule has 0 aliphatic heterocycles. The van der Waals surface area contributed by atoms with Gasteiger partial charge in [0.15, 0.2) is 5.78 Å². The van der Waals surface area contributed by atoms with E-state index in [0.29, 0.717) is 30.9 Å². The number of hydrogen-bond donors (Lipinski definition) is 1. The fourth-order valence-corrected chi connectivity index (χ4v) is 4.79. The van der Waals surface area contributed by atoms with Crippen molar-refractivity contribution in [2.75, 3.05) is 0 Å². The van der Waals surface area contributed by atoms with Gasteiger partial charge in [0.1, 0.15) is 12.2 Å². The molecule has 0 amide bonds. The van der Waals surface area contributed by atoms with Crippen molar-refractivity contribution in [2.45, 2.75) is 44.6 Å². The second-order valence-corrected chi connectivity index (χ2v) is 9.64. The van der Waals surface area contributed by atoms with Crippen LogP contribution in [0.5, 0.6) is 0 Å². The maximum absolute atomic E-state index is 14.0. The van der Waals surface area contributed by atoms with Gasteiger partial charge in [-0.15, -0.1) is 0 Å². The first-order valence-electron chi connectivity index (χ1n) is 13.2. The number of ether oxygens (including phenoxy) is 3. The first-order chi connectivity index (χ1) is 19.2. The van der Waals surface area contributed by atoms with Crippen LogP contribution in [-0.2, 0) is 38.8 Å². The minimum atomic E-state index is -0.874. The van der Waals surface area contributed by atoms with Gasteiger partial charge >= 0.3 is 0 Å². The summed E-state index contributed by atoms with van der Waals surface area (Å²) in [5.74, 6) is -0.162. The molecule has 4 aromatic rings. The summed E-state index contributed by atoms with van der Waals surface area (Å²) in [5.41, 5.74) is 11.4. The lowest BCUT2D eigenvalue weighted by Crippen LogP contribution is -2.52. The lowest BCUT2D eigenvalue weighted by atomic mass is 9.83. The predicted molar refractivity (Wildman–Crippen MR) is 152 cm³/mol. The molecule has 1 aliphatic rings. The van der Waals surface area contributed by atoms with Gasteiger partial charge in [-0.25, -0.2) is 0 Å². The van der Waals surface area contributed by atoms with Gasteiger partial charge in [0.25, 0.3) is 0 Å². The van der Waals surface area contributed by atoms with Gasteiger partial charge in [0, 0.05) is 17.7 Å². The quantitative estimate of drug-likeness (QED) is 0.257. The molecule has 5 heteroatoms. The van der Waals surface area contributed by atoms with E-state index in [1.807, 2.05) is 121 Å². The molecule has 0 bridgehead atoms. The summed E-state index contributed by atoms with van der Waals surface area (Å²) >= 11 is 0. The zero-order chi connectivity index (χ0) is 26.9. The smallest absolute Gasteiger partial charge is 0.192 e. The number of hydrogen-bond acceptors (Lipinski definition) is 5. The van der Waals surface area contributed by atoms with Crippen LogP contribution in [0.3, 0.4) is 0 Å². The van der Waals surface area contributed by atoms with E-state index in [0.717, 1.165) is 22.3 Å². The minimum absolute atomic E-state index is 0.162. The van der Waals surface area contributed by atoms with E-state index in [9.17, 15) is 4.79 Å². The highest BCUT2D eigenvalue weighted by Gasteiger charge is 2.45. The van der Waals surface area contributed by atoms with E-state index in [1.54, 1.807) is 0 Å². The van der Waals surface area contributed by atoms with Gasteiger partial charge in [0.05, 0.1) is 25.9 Å². The lowest BCUT2D eigenvalue weighted by Gasteiger charge is -2.38. The average Bonchev–Trinajstić information content (AvgIpc) is 3.00. The Morgan fingerprint density at radius 3 is 1.56 bits per heavy atom. The number of rotatable bonds is 10. The largest absolute Gasteiger partial charge is 0.398 e.